The number of rotatable bonds is 13. The number of ketones is 1. The van der Waals surface area contributed by atoms with E-state index in [0.717, 1.165) is 32.1 Å². The van der Waals surface area contributed by atoms with Gasteiger partial charge in [0, 0.05) is 35.0 Å². The van der Waals surface area contributed by atoms with Crippen LogP contribution in [0.3, 0.4) is 0 Å². The van der Waals surface area contributed by atoms with Gasteiger partial charge in [-0.2, -0.15) is 0 Å². The first-order valence-corrected chi connectivity index (χ1v) is 7.35. The van der Waals surface area contributed by atoms with E-state index in [4.69, 9.17) is 9.47 Å². The molecule has 1 atom stereocenters. The van der Waals surface area contributed by atoms with Crippen molar-refractivity contribution >= 4 is 20.2 Å². The maximum atomic E-state index is 11.5. The monoisotopic (exact) mass is 295 g/mol. The molecule has 0 fully saturated rings. The first-order chi connectivity index (χ1) is 9.60. The number of hydrogen-bond donors (Lipinski definition) is 0. The fourth-order valence-corrected chi connectivity index (χ4v) is 2.04. The van der Waals surface area contributed by atoms with Gasteiger partial charge < -0.3 is 14.3 Å². The van der Waals surface area contributed by atoms with Crippen LogP contribution in [-0.4, -0.2) is 40.5 Å². The van der Waals surface area contributed by atoms with Gasteiger partial charge in [-0.05, 0) is 44.9 Å². The Morgan fingerprint density at radius 3 is 2.48 bits per heavy atom. The van der Waals surface area contributed by atoms with Crippen LogP contribution in [0.25, 0.3) is 0 Å². The number of methoxy groups -OCH3 is 1. The molecule has 0 aromatic carbocycles. The number of esters is 1. The summed E-state index contributed by atoms with van der Waals surface area (Å²) >= 11 is 0. The molecule has 0 amide bonds. The van der Waals surface area contributed by atoms with Gasteiger partial charge >= 0.3 is 5.97 Å². The molecular formula is C16H28BO4. The van der Waals surface area contributed by atoms with Crippen LogP contribution in [0.4, 0.5) is 0 Å². The van der Waals surface area contributed by atoms with E-state index in [1.807, 2.05) is 6.08 Å². The summed E-state index contributed by atoms with van der Waals surface area (Å²) < 4.78 is 10.1. The number of hydrogen-bond acceptors (Lipinski definition) is 4. The highest BCUT2D eigenvalue weighted by atomic mass is 16.5. The molecule has 0 heterocycles. The lowest BCUT2D eigenvalue weighted by Crippen LogP contribution is -2.12. The second kappa shape index (κ2) is 15.3. The zero-order chi connectivity index (χ0) is 15.2. The van der Waals surface area contributed by atoms with Crippen molar-refractivity contribution in [2.24, 2.45) is 5.92 Å². The molecule has 0 saturated carbocycles. The SMILES string of the molecule is C=CCCC(CCOC(=O)CCCCOC)CC(C)=O.[B]. The third-order valence-corrected chi connectivity index (χ3v) is 3.12. The van der Waals surface area contributed by atoms with Crippen LogP contribution in [-0.2, 0) is 19.1 Å². The molecule has 0 N–H and O–H groups in total. The van der Waals surface area contributed by atoms with Crippen molar-refractivity contribution < 1.29 is 19.1 Å². The van der Waals surface area contributed by atoms with Crippen LogP contribution in [0, 0.1) is 5.92 Å². The molecule has 0 aliphatic heterocycles. The van der Waals surface area contributed by atoms with Gasteiger partial charge in [0.1, 0.15) is 5.78 Å². The van der Waals surface area contributed by atoms with Gasteiger partial charge in [0.15, 0.2) is 0 Å². The zero-order valence-electron chi connectivity index (χ0n) is 13.4. The molecule has 0 aromatic rings. The number of allylic oxidation sites excluding steroid dienone is 1. The van der Waals surface area contributed by atoms with Gasteiger partial charge in [-0.25, -0.2) is 0 Å². The number of carbonyl (C=O) groups is 2. The van der Waals surface area contributed by atoms with Crippen LogP contribution in [0.1, 0.15) is 51.9 Å². The van der Waals surface area contributed by atoms with Gasteiger partial charge in [-0.15, -0.1) is 6.58 Å². The summed E-state index contributed by atoms with van der Waals surface area (Å²) in [6, 6.07) is 0. The summed E-state index contributed by atoms with van der Waals surface area (Å²) in [5.74, 6) is 0.308. The Balaban J connectivity index is 0. The molecule has 119 valence electrons. The predicted octanol–water partition coefficient (Wildman–Crippen LogP) is 2.92. The van der Waals surface area contributed by atoms with Crippen molar-refractivity contribution in [1.29, 1.82) is 0 Å². The van der Waals surface area contributed by atoms with E-state index in [9.17, 15) is 9.59 Å². The summed E-state index contributed by atoms with van der Waals surface area (Å²) in [4.78, 5) is 22.6. The highest BCUT2D eigenvalue weighted by Gasteiger charge is 2.12. The largest absolute Gasteiger partial charge is 0.466 e. The van der Waals surface area contributed by atoms with Crippen LogP contribution in [0.15, 0.2) is 12.7 Å². The average molecular weight is 295 g/mol. The smallest absolute Gasteiger partial charge is 0.305 e. The maximum Gasteiger partial charge on any atom is 0.305 e. The van der Waals surface area contributed by atoms with E-state index >= 15 is 0 Å². The molecule has 0 saturated heterocycles. The highest BCUT2D eigenvalue weighted by molar-refractivity contribution is 5.76. The average Bonchev–Trinajstić information content (AvgIpc) is 2.40. The highest BCUT2D eigenvalue weighted by Crippen LogP contribution is 2.17. The van der Waals surface area contributed by atoms with Crippen molar-refractivity contribution in [3.05, 3.63) is 12.7 Å². The minimum atomic E-state index is -0.161. The molecule has 3 radical (unpaired) electrons. The number of unbranched alkanes of at least 4 members (excludes halogenated alkanes) is 1. The normalized spacial score (nSPS) is 11.3. The van der Waals surface area contributed by atoms with E-state index in [1.54, 1.807) is 14.0 Å². The predicted molar refractivity (Wildman–Crippen MR) is 85.3 cm³/mol. The van der Waals surface area contributed by atoms with E-state index in [2.05, 4.69) is 6.58 Å². The quantitative estimate of drug-likeness (QED) is 0.227. The van der Waals surface area contributed by atoms with Crippen LogP contribution in [0.2, 0.25) is 0 Å². The minimum Gasteiger partial charge on any atom is -0.466 e. The molecule has 0 aliphatic rings. The van der Waals surface area contributed by atoms with Crippen LogP contribution >= 0.6 is 0 Å². The summed E-state index contributed by atoms with van der Waals surface area (Å²) in [7, 11) is 1.65. The van der Waals surface area contributed by atoms with Gasteiger partial charge in [-0.1, -0.05) is 6.08 Å². The number of Topliss-reactive ketones (excluding diaryl/α,β-unsaturated/α-hetero) is 1. The standard InChI is InChI=1S/C16H28O4.B/c1-4-5-8-15(13-14(2)17)10-12-20-16(18)9-6-7-11-19-3;/h4,15H,1,5-13H2,2-3H3;. The second-order valence-corrected chi connectivity index (χ2v) is 5.10. The molecule has 21 heavy (non-hydrogen) atoms. The summed E-state index contributed by atoms with van der Waals surface area (Å²) in [5, 5.41) is 0. The third kappa shape index (κ3) is 15.1. The van der Waals surface area contributed by atoms with Crippen LogP contribution < -0.4 is 0 Å². The van der Waals surface area contributed by atoms with E-state index in [-0.39, 0.29) is 26.1 Å². The molecule has 4 nitrogen and oxygen atoms in total. The van der Waals surface area contributed by atoms with E-state index < -0.39 is 0 Å². The van der Waals surface area contributed by atoms with Gasteiger partial charge in [0.2, 0.25) is 0 Å². The lowest BCUT2D eigenvalue weighted by Gasteiger charge is -2.14. The second-order valence-electron chi connectivity index (χ2n) is 5.10. The number of carbonyl (C=O) groups excluding carboxylic acids is 2. The van der Waals surface area contributed by atoms with Crippen molar-refractivity contribution in [1.82, 2.24) is 0 Å². The minimum absolute atomic E-state index is 0. The Morgan fingerprint density at radius 1 is 1.19 bits per heavy atom. The van der Waals surface area contributed by atoms with Crippen molar-refractivity contribution in [3.63, 3.8) is 0 Å². The first kappa shape index (κ1) is 22.2. The summed E-state index contributed by atoms with van der Waals surface area (Å²) in [6.07, 6.45) is 7.08. The van der Waals surface area contributed by atoms with Crippen molar-refractivity contribution in [2.45, 2.75) is 51.9 Å². The number of ether oxygens (including phenoxy) is 2. The first-order valence-electron chi connectivity index (χ1n) is 7.35. The van der Waals surface area contributed by atoms with Gasteiger partial charge in [-0.3, -0.25) is 4.79 Å². The fraction of sp³-hybridized carbons (Fsp3) is 0.750. The third-order valence-electron chi connectivity index (χ3n) is 3.12. The lowest BCUT2D eigenvalue weighted by molar-refractivity contribution is -0.144. The maximum absolute atomic E-state index is 11.5. The molecule has 0 aliphatic carbocycles. The molecule has 0 bridgehead atoms. The Labute approximate surface area is 130 Å². The fourth-order valence-electron chi connectivity index (χ4n) is 2.04. The van der Waals surface area contributed by atoms with E-state index in [1.165, 1.54) is 0 Å². The zero-order valence-corrected chi connectivity index (χ0v) is 13.4. The molecular weight excluding hydrogens is 267 g/mol. The molecule has 0 rings (SSSR count). The summed E-state index contributed by atoms with van der Waals surface area (Å²) in [6.45, 7) is 6.37. The van der Waals surface area contributed by atoms with E-state index in [0.29, 0.717) is 26.1 Å². The van der Waals surface area contributed by atoms with Gasteiger partial charge in [0.25, 0.3) is 0 Å². The Kier molecular flexibility index (Phi) is 16.2. The Bertz CT molecular complexity index is 292. The van der Waals surface area contributed by atoms with Gasteiger partial charge in [0.05, 0.1) is 6.61 Å². The lowest BCUT2D eigenvalue weighted by atomic mass is 9.94. The van der Waals surface area contributed by atoms with Crippen LogP contribution in [0.5, 0.6) is 0 Å². The summed E-state index contributed by atoms with van der Waals surface area (Å²) in [5.41, 5.74) is 0. The molecule has 0 spiro atoms. The molecule has 0 aromatic heterocycles. The Hall–Kier alpha value is -1.10. The Morgan fingerprint density at radius 2 is 1.90 bits per heavy atom. The molecule has 1 unspecified atom stereocenters. The van der Waals surface area contributed by atoms with Crippen molar-refractivity contribution in [2.75, 3.05) is 20.3 Å². The topological polar surface area (TPSA) is 52.6 Å². The van der Waals surface area contributed by atoms with Crippen molar-refractivity contribution in [3.8, 4) is 0 Å². The molecule has 5 heteroatoms.